The number of carboxylic acid groups (broad SMARTS) is 1. The summed E-state index contributed by atoms with van der Waals surface area (Å²) < 4.78 is 10.0. The Balaban J connectivity index is 3.45. The zero-order valence-electron chi connectivity index (χ0n) is 8.08. The van der Waals surface area contributed by atoms with Crippen molar-refractivity contribution < 1.29 is 19.4 Å². The molecule has 0 saturated heterocycles. The minimum absolute atomic E-state index is 0.159. The Bertz CT molecular complexity index is 158. The summed E-state index contributed by atoms with van der Waals surface area (Å²) in [5.74, 6) is -0.961. The lowest BCUT2D eigenvalue weighted by molar-refractivity contribution is -0.143. The van der Waals surface area contributed by atoms with Gasteiger partial charge in [-0.15, -0.1) is 0 Å². The Labute approximate surface area is 77.8 Å². The minimum Gasteiger partial charge on any atom is -0.480 e. The first-order valence-corrected chi connectivity index (χ1v) is 4.11. The third-order valence-electron chi connectivity index (χ3n) is 1.55. The normalized spacial score (nSPS) is 11.6. The van der Waals surface area contributed by atoms with Crippen LogP contribution in [-0.4, -0.2) is 36.6 Å². The van der Waals surface area contributed by atoms with Crippen molar-refractivity contribution in [3.63, 3.8) is 0 Å². The van der Waals surface area contributed by atoms with Gasteiger partial charge in [-0.25, -0.2) is 4.79 Å². The van der Waals surface area contributed by atoms with Crippen molar-refractivity contribution in [2.45, 2.75) is 25.9 Å². The molecule has 0 heterocycles. The zero-order chi connectivity index (χ0) is 10.3. The lowest BCUT2D eigenvalue weighted by Crippen LogP contribution is -2.29. The molecule has 0 fully saturated rings. The largest absolute Gasteiger partial charge is 0.480 e. The summed E-state index contributed by atoms with van der Waals surface area (Å²) >= 11 is 0. The summed E-state index contributed by atoms with van der Waals surface area (Å²) in [5, 5.41) is 8.27. The molecule has 0 aromatic heterocycles. The van der Waals surface area contributed by atoms with Crippen LogP contribution >= 0.6 is 0 Å². The number of carboxylic acids is 1. The smallest absolute Gasteiger partial charge is 0.329 e. The van der Waals surface area contributed by atoms with Gasteiger partial charge in [0, 0.05) is 0 Å². The van der Waals surface area contributed by atoms with Gasteiger partial charge in [-0.2, -0.15) is 0 Å². The Morgan fingerprint density at radius 2 is 2.15 bits per heavy atom. The van der Waals surface area contributed by atoms with Crippen LogP contribution in [0.5, 0.6) is 0 Å². The van der Waals surface area contributed by atoms with Crippen LogP contribution in [0.2, 0.25) is 0 Å². The van der Waals surface area contributed by atoms with E-state index >= 15 is 0 Å². The van der Waals surface area contributed by atoms with Crippen molar-refractivity contribution in [2.24, 2.45) is 5.73 Å². The van der Waals surface area contributed by atoms with Gasteiger partial charge in [0.15, 0.2) is 0 Å². The fraction of sp³-hybridized carbons (Fsp3) is 0.875. The Morgan fingerprint density at radius 1 is 1.54 bits per heavy atom. The number of rotatable bonds is 7. The van der Waals surface area contributed by atoms with Gasteiger partial charge in [0.2, 0.25) is 0 Å². The zero-order valence-corrected chi connectivity index (χ0v) is 8.08. The number of hydrogen-bond acceptors (Lipinski definition) is 4. The van der Waals surface area contributed by atoms with Gasteiger partial charge >= 0.3 is 5.97 Å². The first-order chi connectivity index (χ1) is 5.98. The average Bonchev–Trinajstić information content (AvgIpc) is 1.98. The van der Waals surface area contributed by atoms with Crippen molar-refractivity contribution in [3.8, 4) is 0 Å². The second-order valence-corrected chi connectivity index (χ2v) is 3.27. The number of ether oxygens (including phenoxy) is 2. The van der Waals surface area contributed by atoms with Crippen LogP contribution in [-0.2, 0) is 14.3 Å². The standard InChI is InChI=1S/C8H17NO4/c1-8(2,13-6-9)3-4-12-5-7(10)11/h3-6,9H2,1-2H3,(H,10,11). The van der Waals surface area contributed by atoms with Crippen LogP contribution in [0.1, 0.15) is 20.3 Å². The summed E-state index contributed by atoms with van der Waals surface area (Å²) in [7, 11) is 0. The molecule has 3 N–H and O–H groups in total. The lowest BCUT2D eigenvalue weighted by atomic mass is 10.1. The highest BCUT2D eigenvalue weighted by atomic mass is 16.5. The number of nitrogens with two attached hydrogens (primary N) is 1. The molecule has 0 atom stereocenters. The van der Waals surface area contributed by atoms with E-state index in [1.54, 1.807) is 0 Å². The fourth-order valence-corrected chi connectivity index (χ4v) is 0.775. The third-order valence-corrected chi connectivity index (χ3v) is 1.55. The number of carbonyl (C=O) groups is 1. The molecule has 0 aromatic rings. The van der Waals surface area contributed by atoms with Crippen LogP contribution in [0.4, 0.5) is 0 Å². The van der Waals surface area contributed by atoms with E-state index in [-0.39, 0.29) is 18.9 Å². The summed E-state index contributed by atoms with van der Waals surface area (Å²) in [4.78, 5) is 10.1. The maximum Gasteiger partial charge on any atom is 0.329 e. The second kappa shape index (κ2) is 5.90. The molecule has 78 valence electrons. The van der Waals surface area contributed by atoms with E-state index in [9.17, 15) is 4.79 Å². The molecule has 0 aliphatic carbocycles. The quantitative estimate of drug-likeness (QED) is 0.443. The number of aliphatic carboxylic acids is 1. The first-order valence-electron chi connectivity index (χ1n) is 4.11. The van der Waals surface area contributed by atoms with E-state index in [4.69, 9.17) is 20.3 Å². The Morgan fingerprint density at radius 3 is 2.62 bits per heavy atom. The summed E-state index contributed by atoms with van der Waals surface area (Å²) in [5.41, 5.74) is 4.86. The lowest BCUT2D eigenvalue weighted by Gasteiger charge is -2.23. The van der Waals surface area contributed by atoms with E-state index in [0.29, 0.717) is 13.0 Å². The van der Waals surface area contributed by atoms with Crippen molar-refractivity contribution in [1.29, 1.82) is 0 Å². The SMILES string of the molecule is CC(C)(CCOCC(=O)O)OCN. The molecule has 13 heavy (non-hydrogen) atoms. The van der Waals surface area contributed by atoms with Gasteiger partial charge in [-0.3, -0.25) is 0 Å². The number of hydrogen-bond donors (Lipinski definition) is 2. The van der Waals surface area contributed by atoms with Crippen LogP contribution in [0.25, 0.3) is 0 Å². The van der Waals surface area contributed by atoms with Crippen LogP contribution in [0.15, 0.2) is 0 Å². The first kappa shape index (κ1) is 12.3. The highest BCUT2D eigenvalue weighted by molar-refractivity contribution is 5.67. The maximum atomic E-state index is 10.1. The predicted molar refractivity (Wildman–Crippen MR) is 47.3 cm³/mol. The average molecular weight is 191 g/mol. The van der Waals surface area contributed by atoms with Gasteiger partial charge in [0.05, 0.1) is 18.9 Å². The Kier molecular flexibility index (Phi) is 5.61. The highest BCUT2D eigenvalue weighted by Crippen LogP contribution is 2.12. The van der Waals surface area contributed by atoms with Gasteiger partial charge < -0.3 is 20.3 Å². The van der Waals surface area contributed by atoms with Gasteiger partial charge in [-0.05, 0) is 20.3 Å². The molecule has 0 aliphatic rings. The molecule has 5 heteroatoms. The fourth-order valence-electron chi connectivity index (χ4n) is 0.775. The molecule has 0 unspecified atom stereocenters. The topological polar surface area (TPSA) is 81.8 Å². The van der Waals surface area contributed by atoms with Gasteiger partial charge in [0.1, 0.15) is 6.61 Å². The monoisotopic (exact) mass is 191 g/mol. The summed E-state index contributed by atoms with van der Waals surface area (Å²) in [6.07, 6.45) is 0.622. The van der Waals surface area contributed by atoms with E-state index < -0.39 is 5.97 Å². The molecule has 0 aromatic carbocycles. The van der Waals surface area contributed by atoms with Crippen LogP contribution < -0.4 is 5.73 Å². The Hall–Kier alpha value is -0.650. The highest BCUT2D eigenvalue weighted by Gasteiger charge is 2.17. The third kappa shape index (κ3) is 7.70. The predicted octanol–water partition coefficient (Wildman–Crippen LogP) is 0.189. The van der Waals surface area contributed by atoms with Gasteiger partial charge in [0.25, 0.3) is 0 Å². The van der Waals surface area contributed by atoms with E-state index in [2.05, 4.69) is 0 Å². The molecule has 5 nitrogen and oxygen atoms in total. The maximum absolute atomic E-state index is 10.1. The van der Waals surface area contributed by atoms with Crippen molar-refractivity contribution in [3.05, 3.63) is 0 Å². The molecule has 0 radical (unpaired) electrons. The van der Waals surface area contributed by atoms with Crippen molar-refractivity contribution >= 4 is 5.97 Å². The van der Waals surface area contributed by atoms with Crippen LogP contribution in [0, 0.1) is 0 Å². The molecule has 0 spiro atoms. The summed E-state index contributed by atoms with van der Waals surface area (Å²) in [6.45, 7) is 4.01. The van der Waals surface area contributed by atoms with Gasteiger partial charge in [-0.1, -0.05) is 0 Å². The molecule has 0 rings (SSSR count). The second-order valence-electron chi connectivity index (χ2n) is 3.27. The molecular weight excluding hydrogens is 174 g/mol. The molecule has 0 saturated carbocycles. The molecule has 0 aliphatic heterocycles. The van der Waals surface area contributed by atoms with E-state index in [1.807, 2.05) is 13.8 Å². The molecular formula is C8H17NO4. The van der Waals surface area contributed by atoms with E-state index in [1.165, 1.54) is 0 Å². The summed E-state index contributed by atoms with van der Waals surface area (Å²) in [6, 6.07) is 0. The van der Waals surface area contributed by atoms with Crippen LogP contribution in [0.3, 0.4) is 0 Å². The minimum atomic E-state index is -0.961. The van der Waals surface area contributed by atoms with E-state index in [0.717, 1.165) is 0 Å². The van der Waals surface area contributed by atoms with Crippen molar-refractivity contribution in [1.82, 2.24) is 0 Å². The molecule has 0 amide bonds. The van der Waals surface area contributed by atoms with Crippen molar-refractivity contribution in [2.75, 3.05) is 19.9 Å². The molecule has 0 bridgehead atoms.